The van der Waals surface area contributed by atoms with Crippen LogP contribution in [0.3, 0.4) is 0 Å². The van der Waals surface area contributed by atoms with Crippen LogP contribution in [0.2, 0.25) is 5.02 Å². The molecule has 4 nitrogen and oxygen atoms in total. The highest BCUT2D eigenvalue weighted by molar-refractivity contribution is 7.90. The Morgan fingerprint density at radius 1 is 1.25 bits per heavy atom. The van der Waals surface area contributed by atoms with E-state index in [9.17, 15) is 8.42 Å². The van der Waals surface area contributed by atoms with E-state index >= 15 is 0 Å². The number of rotatable bonds is 3. The van der Waals surface area contributed by atoms with Crippen LogP contribution in [0.25, 0.3) is 10.2 Å². The molecule has 7 heteroatoms. The van der Waals surface area contributed by atoms with Crippen LogP contribution in [0.15, 0.2) is 51.8 Å². The van der Waals surface area contributed by atoms with Crippen molar-refractivity contribution >= 4 is 43.2 Å². The van der Waals surface area contributed by atoms with Crippen LogP contribution in [-0.2, 0) is 16.6 Å². The van der Waals surface area contributed by atoms with Crippen LogP contribution in [0.1, 0.15) is 5.56 Å². The second kappa shape index (κ2) is 6.44. The summed E-state index contributed by atoms with van der Waals surface area (Å²) >= 11 is 7.11. The quantitative estimate of drug-likeness (QED) is 0.656. The Balaban J connectivity index is 2.24. The average Bonchev–Trinajstić information content (AvgIpc) is 2.84. The van der Waals surface area contributed by atoms with E-state index in [2.05, 4.69) is 10.3 Å². The molecule has 24 heavy (non-hydrogen) atoms. The van der Waals surface area contributed by atoms with Crippen LogP contribution in [0, 0.1) is 19.3 Å². The number of aryl methyl sites for hydroxylation is 1. The minimum absolute atomic E-state index is 0.0906. The molecular formula is C17H13ClN2O2S2. The number of fused-ring (bicyclic) bond motifs is 1. The number of nitrogens with zero attached hydrogens (tertiary/aromatic N) is 2. The van der Waals surface area contributed by atoms with Gasteiger partial charge in [0.2, 0.25) is 4.80 Å². The van der Waals surface area contributed by atoms with Crippen molar-refractivity contribution < 1.29 is 8.42 Å². The lowest BCUT2D eigenvalue weighted by Crippen LogP contribution is -2.16. The summed E-state index contributed by atoms with van der Waals surface area (Å²) in [7, 11) is -3.84. The molecule has 0 N–H and O–H groups in total. The first kappa shape index (κ1) is 16.8. The predicted octanol–water partition coefficient (Wildman–Crippen LogP) is 3.59. The third-order valence-corrected chi connectivity index (χ3v) is 6.09. The number of benzene rings is 2. The molecule has 0 saturated carbocycles. The first-order valence-electron chi connectivity index (χ1n) is 7.01. The zero-order valence-electron chi connectivity index (χ0n) is 12.7. The van der Waals surface area contributed by atoms with Gasteiger partial charge in [-0.2, -0.15) is 8.42 Å². The van der Waals surface area contributed by atoms with Gasteiger partial charge in [-0.05, 0) is 48.9 Å². The molecule has 0 bridgehead atoms. The molecule has 0 unspecified atom stereocenters. The second-order valence-corrected chi connectivity index (χ2v) is 8.22. The van der Waals surface area contributed by atoms with Gasteiger partial charge in [-0.3, -0.25) is 0 Å². The number of sulfonamides is 1. The summed E-state index contributed by atoms with van der Waals surface area (Å²) in [5.74, 6) is 2.55. The second-order valence-electron chi connectivity index (χ2n) is 5.17. The van der Waals surface area contributed by atoms with Gasteiger partial charge >= 0.3 is 0 Å². The molecule has 0 aliphatic rings. The van der Waals surface area contributed by atoms with Crippen molar-refractivity contribution in [3.63, 3.8) is 0 Å². The van der Waals surface area contributed by atoms with Crippen LogP contribution in [-0.4, -0.2) is 13.0 Å². The smallest absolute Gasteiger partial charge is 0.285 e. The van der Waals surface area contributed by atoms with E-state index in [1.807, 2.05) is 25.1 Å². The van der Waals surface area contributed by atoms with Gasteiger partial charge < -0.3 is 4.57 Å². The highest BCUT2D eigenvalue weighted by Crippen LogP contribution is 2.20. The van der Waals surface area contributed by atoms with Gasteiger partial charge in [0.05, 0.1) is 21.7 Å². The Morgan fingerprint density at radius 2 is 1.96 bits per heavy atom. The van der Waals surface area contributed by atoms with E-state index in [1.54, 1.807) is 4.57 Å². The van der Waals surface area contributed by atoms with Crippen molar-refractivity contribution in [2.75, 3.05) is 0 Å². The molecule has 0 amide bonds. The van der Waals surface area contributed by atoms with Gasteiger partial charge in [0.25, 0.3) is 10.0 Å². The summed E-state index contributed by atoms with van der Waals surface area (Å²) in [4.78, 5) is 0.441. The third-order valence-electron chi connectivity index (χ3n) is 3.40. The van der Waals surface area contributed by atoms with Crippen molar-refractivity contribution in [2.24, 2.45) is 4.40 Å². The number of hydrogen-bond donors (Lipinski definition) is 0. The van der Waals surface area contributed by atoms with Gasteiger partial charge in [0, 0.05) is 5.02 Å². The number of aromatic nitrogens is 1. The van der Waals surface area contributed by atoms with Gasteiger partial charge in [-0.15, -0.1) is 10.8 Å². The van der Waals surface area contributed by atoms with Crippen molar-refractivity contribution in [1.82, 2.24) is 4.57 Å². The lowest BCUT2D eigenvalue weighted by Gasteiger charge is -2.01. The molecule has 0 aliphatic heterocycles. The van der Waals surface area contributed by atoms with Gasteiger partial charge in [0.1, 0.15) is 0 Å². The first-order chi connectivity index (χ1) is 11.4. The normalized spacial score (nSPS) is 12.5. The molecule has 1 heterocycles. The van der Waals surface area contributed by atoms with E-state index in [-0.39, 0.29) is 11.4 Å². The van der Waals surface area contributed by atoms with E-state index in [4.69, 9.17) is 18.0 Å². The Kier molecular flexibility index (Phi) is 4.50. The maximum atomic E-state index is 12.5. The molecule has 0 spiro atoms. The maximum Gasteiger partial charge on any atom is 0.285 e. The van der Waals surface area contributed by atoms with Crippen LogP contribution in [0.5, 0.6) is 0 Å². The monoisotopic (exact) mass is 376 g/mol. The number of terminal acetylenes is 1. The van der Waals surface area contributed by atoms with Crippen molar-refractivity contribution in [3.05, 3.63) is 57.9 Å². The molecule has 3 aromatic rings. The number of thiazole rings is 1. The maximum absolute atomic E-state index is 12.5. The molecule has 0 aliphatic carbocycles. The van der Waals surface area contributed by atoms with E-state index < -0.39 is 10.0 Å². The fraction of sp³-hybridized carbons (Fsp3) is 0.118. The SMILES string of the molecule is C#CCn1/c(=N/S(=O)(=O)c2ccc(Cl)cc2)sc2cc(C)ccc21. The molecule has 0 atom stereocenters. The first-order valence-corrected chi connectivity index (χ1v) is 9.64. The highest BCUT2D eigenvalue weighted by Gasteiger charge is 2.14. The van der Waals surface area contributed by atoms with E-state index in [0.717, 1.165) is 15.8 Å². The van der Waals surface area contributed by atoms with Crippen LogP contribution in [0.4, 0.5) is 0 Å². The van der Waals surface area contributed by atoms with Crippen molar-refractivity contribution in [3.8, 4) is 12.3 Å². The van der Waals surface area contributed by atoms with Crippen molar-refractivity contribution in [1.29, 1.82) is 0 Å². The molecule has 1 aromatic heterocycles. The minimum atomic E-state index is -3.84. The van der Waals surface area contributed by atoms with Crippen LogP contribution < -0.4 is 4.80 Å². The summed E-state index contributed by atoms with van der Waals surface area (Å²) < 4.78 is 31.8. The minimum Gasteiger partial charge on any atom is -0.304 e. The molecule has 0 fully saturated rings. The standard InChI is InChI=1S/C17H13ClN2O2S2/c1-3-10-20-15-9-4-12(2)11-16(15)23-17(20)19-24(21,22)14-7-5-13(18)6-8-14/h1,4-9,11H,10H2,2H3/b19-17-. The Labute approximate surface area is 149 Å². The Morgan fingerprint density at radius 3 is 2.62 bits per heavy atom. The summed E-state index contributed by atoms with van der Waals surface area (Å²) in [6.45, 7) is 2.23. The van der Waals surface area contributed by atoms with Gasteiger partial charge in [-0.25, -0.2) is 0 Å². The summed E-state index contributed by atoms with van der Waals surface area (Å²) in [6, 6.07) is 11.8. The topological polar surface area (TPSA) is 51.4 Å². The molecule has 3 rings (SSSR count). The molecule has 122 valence electrons. The molecule has 0 saturated heterocycles. The van der Waals surface area contributed by atoms with E-state index in [0.29, 0.717) is 9.82 Å². The van der Waals surface area contributed by atoms with Gasteiger partial charge in [0.15, 0.2) is 0 Å². The van der Waals surface area contributed by atoms with Gasteiger partial charge in [-0.1, -0.05) is 34.9 Å². The Bertz CT molecular complexity index is 1120. The third kappa shape index (κ3) is 3.24. The molecule has 0 radical (unpaired) electrons. The molecule has 2 aromatic carbocycles. The predicted molar refractivity (Wildman–Crippen MR) is 97.6 cm³/mol. The van der Waals surface area contributed by atoms with E-state index in [1.165, 1.54) is 35.6 Å². The Hall–Kier alpha value is -2.07. The zero-order valence-corrected chi connectivity index (χ0v) is 15.1. The highest BCUT2D eigenvalue weighted by atomic mass is 35.5. The largest absolute Gasteiger partial charge is 0.304 e. The fourth-order valence-electron chi connectivity index (χ4n) is 2.26. The van der Waals surface area contributed by atoms with Crippen molar-refractivity contribution in [2.45, 2.75) is 18.4 Å². The average molecular weight is 377 g/mol. The summed E-state index contributed by atoms with van der Waals surface area (Å²) in [5, 5.41) is 0.466. The zero-order chi connectivity index (χ0) is 17.3. The lowest BCUT2D eigenvalue weighted by atomic mass is 10.2. The molecular weight excluding hydrogens is 364 g/mol. The summed E-state index contributed by atoms with van der Waals surface area (Å²) in [5.41, 5.74) is 1.96. The number of halogens is 1. The number of hydrogen-bond acceptors (Lipinski definition) is 3. The fourth-order valence-corrected chi connectivity index (χ4v) is 4.71. The van der Waals surface area contributed by atoms with Crippen LogP contribution >= 0.6 is 22.9 Å². The summed E-state index contributed by atoms with van der Waals surface area (Å²) in [6.07, 6.45) is 5.43. The lowest BCUT2D eigenvalue weighted by molar-refractivity contribution is 0.596.